The number of rotatable bonds is 9. The summed E-state index contributed by atoms with van der Waals surface area (Å²) in [7, 11) is 3.94. The van der Waals surface area contributed by atoms with Crippen molar-refractivity contribution >= 4 is 5.91 Å². The van der Waals surface area contributed by atoms with Gasteiger partial charge in [-0.2, -0.15) is 0 Å². The predicted octanol–water partition coefficient (Wildman–Crippen LogP) is 4.89. The van der Waals surface area contributed by atoms with Gasteiger partial charge in [0.05, 0.1) is 7.11 Å². The minimum absolute atomic E-state index is 0.0847. The Balaban J connectivity index is 2.08. The molecule has 0 aliphatic carbocycles. The minimum Gasteiger partial charge on any atom is -0.497 e. The monoisotopic (exact) mass is 463 g/mol. The van der Waals surface area contributed by atoms with Crippen molar-refractivity contribution in [1.29, 1.82) is 0 Å². The lowest BCUT2D eigenvalue weighted by Gasteiger charge is -2.54. The van der Waals surface area contributed by atoms with E-state index in [9.17, 15) is 4.79 Å². The van der Waals surface area contributed by atoms with Gasteiger partial charge in [0.2, 0.25) is 0 Å². The molecule has 3 unspecified atom stereocenters. The number of ether oxygens (including phenoxy) is 1. The Bertz CT molecular complexity index is 970. The van der Waals surface area contributed by atoms with Gasteiger partial charge in [-0.1, -0.05) is 30.3 Å². The van der Waals surface area contributed by atoms with Crippen LogP contribution in [0, 0.1) is 0 Å². The van der Waals surface area contributed by atoms with Gasteiger partial charge in [-0.15, -0.1) is 6.58 Å². The third-order valence-electron chi connectivity index (χ3n) is 7.51. The number of piperazine rings is 1. The number of benzene rings is 2. The molecule has 1 heterocycles. The minimum atomic E-state index is -0.160. The standard InChI is InChI=1S/C29H41N3O2/c1-8-18-32-21-29(5,30(6)20-22(32)4)27(25-12-11-13-26(19-25)34-7)23-14-16-24(17-15-23)28(33)31(9-2)10-3/h8,11-17,19,22,27H,1,9-10,18,20-21H2,2-7H3. The number of carbonyl (C=O) groups is 1. The molecular weight excluding hydrogens is 422 g/mol. The van der Waals surface area contributed by atoms with Gasteiger partial charge in [0.1, 0.15) is 5.75 Å². The van der Waals surface area contributed by atoms with Gasteiger partial charge in [-0.25, -0.2) is 0 Å². The summed E-state index contributed by atoms with van der Waals surface area (Å²) in [5.41, 5.74) is 2.99. The Hall–Kier alpha value is -2.63. The van der Waals surface area contributed by atoms with Crippen LogP contribution in [0.1, 0.15) is 55.1 Å². The molecule has 0 radical (unpaired) electrons. The molecule has 2 aromatic carbocycles. The predicted molar refractivity (Wildman–Crippen MR) is 141 cm³/mol. The highest BCUT2D eigenvalue weighted by molar-refractivity contribution is 5.94. The maximum absolute atomic E-state index is 12.9. The van der Waals surface area contributed by atoms with Crippen molar-refractivity contribution in [2.75, 3.05) is 46.9 Å². The number of nitrogens with zero attached hydrogens (tertiary/aromatic N) is 3. The molecule has 0 saturated carbocycles. The third kappa shape index (κ3) is 5.21. The van der Waals surface area contributed by atoms with Crippen LogP contribution in [0.2, 0.25) is 0 Å². The van der Waals surface area contributed by atoms with Crippen LogP contribution in [0.5, 0.6) is 5.75 Å². The zero-order chi connectivity index (χ0) is 24.9. The first-order valence-electron chi connectivity index (χ1n) is 12.4. The van der Waals surface area contributed by atoms with E-state index in [2.05, 4.69) is 67.6 Å². The van der Waals surface area contributed by atoms with E-state index in [1.807, 2.05) is 43.0 Å². The highest BCUT2D eigenvalue weighted by atomic mass is 16.5. The zero-order valence-corrected chi connectivity index (χ0v) is 21.8. The van der Waals surface area contributed by atoms with E-state index in [-0.39, 0.29) is 17.4 Å². The average molecular weight is 464 g/mol. The molecule has 5 nitrogen and oxygen atoms in total. The number of hydrogen-bond acceptors (Lipinski definition) is 4. The van der Waals surface area contributed by atoms with Crippen LogP contribution in [0.25, 0.3) is 0 Å². The van der Waals surface area contributed by atoms with Crippen LogP contribution >= 0.6 is 0 Å². The molecule has 0 N–H and O–H groups in total. The highest BCUT2D eigenvalue weighted by Crippen LogP contribution is 2.42. The molecule has 1 aliphatic heterocycles. The van der Waals surface area contributed by atoms with Crippen LogP contribution in [0.15, 0.2) is 61.2 Å². The number of hydrogen-bond donors (Lipinski definition) is 0. The van der Waals surface area contributed by atoms with Gasteiger partial charge in [-0.3, -0.25) is 14.6 Å². The lowest BCUT2D eigenvalue weighted by Crippen LogP contribution is -2.64. The summed E-state index contributed by atoms with van der Waals surface area (Å²) in [6.45, 7) is 16.8. The molecule has 184 valence electrons. The molecule has 0 bridgehead atoms. The summed E-state index contributed by atoms with van der Waals surface area (Å²) in [6.07, 6.45) is 2.00. The first-order valence-corrected chi connectivity index (χ1v) is 12.4. The van der Waals surface area contributed by atoms with E-state index in [4.69, 9.17) is 4.74 Å². The van der Waals surface area contributed by atoms with Gasteiger partial charge in [0.25, 0.3) is 5.91 Å². The first kappa shape index (κ1) is 26.0. The normalized spacial score (nSPS) is 22.2. The Kier molecular flexibility index (Phi) is 8.56. The van der Waals surface area contributed by atoms with E-state index >= 15 is 0 Å². The lowest BCUT2D eigenvalue weighted by molar-refractivity contribution is -0.00876. The molecule has 1 amide bonds. The van der Waals surface area contributed by atoms with E-state index in [0.29, 0.717) is 19.1 Å². The largest absolute Gasteiger partial charge is 0.497 e. The lowest BCUT2D eigenvalue weighted by atomic mass is 9.73. The van der Waals surface area contributed by atoms with Gasteiger partial charge < -0.3 is 9.64 Å². The van der Waals surface area contributed by atoms with Crippen molar-refractivity contribution in [2.24, 2.45) is 0 Å². The fourth-order valence-corrected chi connectivity index (χ4v) is 5.37. The van der Waals surface area contributed by atoms with Crippen LogP contribution in [0.4, 0.5) is 0 Å². The molecule has 1 fully saturated rings. The van der Waals surface area contributed by atoms with Crippen molar-refractivity contribution in [1.82, 2.24) is 14.7 Å². The maximum Gasteiger partial charge on any atom is 0.253 e. The summed E-state index contributed by atoms with van der Waals surface area (Å²) >= 11 is 0. The summed E-state index contributed by atoms with van der Waals surface area (Å²) < 4.78 is 5.58. The quantitative estimate of drug-likeness (QED) is 0.496. The van der Waals surface area contributed by atoms with Crippen molar-refractivity contribution in [3.05, 3.63) is 77.9 Å². The zero-order valence-electron chi connectivity index (χ0n) is 21.8. The van der Waals surface area contributed by atoms with E-state index in [1.165, 1.54) is 11.1 Å². The fraction of sp³-hybridized carbons (Fsp3) is 0.483. The van der Waals surface area contributed by atoms with E-state index in [0.717, 1.165) is 30.9 Å². The molecule has 3 rings (SSSR count). The van der Waals surface area contributed by atoms with Crippen molar-refractivity contribution in [3.8, 4) is 5.75 Å². The second-order valence-electron chi connectivity index (χ2n) is 9.61. The molecule has 0 spiro atoms. The van der Waals surface area contributed by atoms with Crippen LogP contribution in [0.3, 0.4) is 0 Å². The van der Waals surface area contributed by atoms with Gasteiger partial charge in [0, 0.05) is 55.8 Å². The van der Waals surface area contributed by atoms with Crippen molar-refractivity contribution < 1.29 is 9.53 Å². The summed E-state index contributed by atoms with van der Waals surface area (Å²) in [4.78, 5) is 19.8. The number of carbonyl (C=O) groups excluding carboxylic acids is 1. The molecule has 3 atom stereocenters. The second-order valence-corrected chi connectivity index (χ2v) is 9.61. The Morgan fingerprint density at radius 1 is 1.21 bits per heavy atom. The van der Waals surface area contributed by atoms with E-state index < -0.39 is 0 Å². The van der Waals surface area contributed by atoms with Gasteiger partial charge in [0.15, 0.2) is 0 Å². The Morgan fingerprint density at radius 2 is 1.88 bits per heavy atom. The molecule has 5 heteroatoms. The van der Waals surface area contributed by atoms with E-state index in [1.54, 1.807) is 7.11 Å². The third-order valence-corrected chi connectivity index (χ3v) is 7.51. The number of amides is 1. The van der Waals surface area contributed by atoms with Crippen LogP contribution in [-0.2, 0) is 0 Å². The van der Waals surface area contributed by atoms with Crippen molar-refractivity contribution in [3.63, 3.8) is 0 Å². The Labute approximate surface area is 206 Å². The number of methoxy groups -OCH3 is 1. The van der Waals surface area contributed by atoms with Crippen molar-refractivity contribution in [2.45, 2.75) is 45.2 Å². The topological polar surface area (TPSA) is 36.0 Å². The fourth-order valence-electron chi connectivity index (χ4n) is 5.37. The highest BCUT2D eigenvalue weighted by Gasteiger charge is 2.45. The van der Waals surface area contributed by atoms with Gasteiger partial charge in [-0.05, 0) is 70.1 Å². The summed E-state index contributed by atoms with van der Waals surface area (Å²) in [5, 5.41) is 0. The molecule has 34 heavy (non-hydrogen) atoms. The Morgan fingerprint density at radius 3 is 2.47 bits per heavy atom. The van der Waals surface area contributed by atoms with Crippen LogP contribution in [-0.4, -0.2) is 79.1 Å². The molecular formula is C29H41N3O2. The summed E-state index contributed by atoms with van der Waals surface area (Å²) in [5.74, 6) is 1.04. The SMILES string of the molecule is C=CCN1CC(C)(C(c2ccc(C(=O)N(CC)CC)cc2)c2cccc(OC)c2)N(C)CC1C. The molecule has 1 saturated heterocycles. The molecule has 1 aliphatic rings. The molecule has 0 aromatic heterocycles. The van der Waals surface area contributed by atoms with Crippen LogP contribution < -0.4 is 4.74 Å². The first-order chi connectivity index (χ1) is 16.3. The maximum atomic E-state index is 12.9. The summed E-state index contributed by atoms with van der Waals surface area (Å²) in [6, 6.07) is 17.1. The molecule has 2 aromatic rings. The average Bonchev–Trinajstić information content (AvgIpc) is 2.84. The second kappa shape index (κ2) is 11.2. The smallest absolute Gasteiger partial charge is 0.253 e. The van der Waals surface area contributed by atoms with Gasteiger partial charge >= 0.3 is 0 Å². The number of likely N-dealkylation sites (N-methyl/N-ethyl adjacent to an activating group) is 1.